The van der Waals surface area contributed by atoms with Crippen molar-refractivity contribution in [3.63, 3.8) is 0 Å². The largest absolute Gasteiger partial charge is 0.274 e. The van der Waals surface area contributed by atoms with Gasteiger partial charge < -0.3 is 0 Å². The van der Waals surface area contributed by atoms with Crippen LogP contribution in [-0.2, 0) is 6.42 Å². The SMILES string of the molecule is CC(C)c1cc(-c2nc(-c3ccccc3)cc(-c3cccc(-c4cccc5cccnc45)c3)n2)nc2c1C=C[C@@H]1C=CC(c3ccc4c(c3)C=CCC4)=NC21. The molecule has 0 bridgehead atoms. The summed E-state index contributed by atoms with van der Waals surface area (Å²) in [6.45, 7) is 4.49. The van der Waals surface area contributed by atoms with Crippen LogP contribution >= 0.6 is 0 Å². The second-order valence-electron chi connectivity index (χ2n) is 14.9. The fourth-order valence-electron chi connectivity index (χ4n) is 8.21. The lowest BCUT2D eigenvalue weighted by Crippen LogP contribution is -2.21. The van der Waals surface area contributed by atoms with Gasteiger partial charge in [-0.2, -0.15) is 0 Å². The third-order valence-electron chi connectivity index (χ3n) is 11.1. The predicted octanol–water partition coefficient (Wildman–Crippen LogP) is 11.9. The molecule has 2 aliphatic carbocycles. The van der Waals surface area contributed by atoms with Gasteiger partial charge in [0, 0.05) is 45.3 Å². The molecule has 0 N–H and O–H groups in total. The molecule has 1 unspecified atom stereocenters. The van der Waals surface area contributed by atoms with Gasteiger partial charge in [0.15, 0.2) is 5.82 Å². The van der Waals surface area contributed by atoms with Gasteiger partial charge in [-0.3, -0.25) is 9.98 Å². The number of fused-ring (bicyclic) bond motifs is 5. The Bertz CT molecular complexity index is 2750. The second-order valence-corrected chi connectivity index (χ2v) is 14.9. The van der Waals surface area contributed by atoms with Gasteiger partial charge in [-0.05, 0) is 77.4 Å². The van der Waals surface area contributed by atoms with E-state index in [4.69, 9.17) is 24.9 Å². The van der Waals surface area contributed by atoms with E-state index in [-0.39, 0.29) is 17.9 Å². The molecule has 3 aromatic heterocycles. The van der Waals surface area contributed by atoms with Crippen LogP contribution in [0.15, 0.2) is 151 Å². The number of hydrogen-bond acceptors (Lipinski definition) is 5. The summed E-state index contributed by atoms with van der Waals surface area (Å²) in [5.41, 5.74) is 15.8. The number of hydrogen-bond donors (Lipinski definition) is 0. The minimum atomic E-state index is -0.146. The highest BCUT2D eigenvalue weighted by Crippen LogP contribution is 2.42. The Morgan fingerprint density at radius 1 is 0.636 bits per heavy atom. The Morgan fingerprint density at radius 2 is 1.44 bits per heavy atom. The fraction of sp³-hybridized carbons (Fsp3) is 0.140. The highest BCUT2D eigenvalue weighted by atomic mass is 15.0. The Balaban J connectivity index is 1.11. The summed E-state index contributed by atoms with van der Waals surface area (Å²) in [5.74, 6) is 0.978. The number of pyridine rings is 2. The van der Waals surface area contributed by atoms with Crippen LogP contribution in [0.1, 0.15) is 65.7 Å². The smallest absolute Gasteiger partial charge is 0.179 e. The first-order chi connectivity index (χ1) is 27.1. The van der Waals surface area contributed by atoms with Crippen LogP contribution in [0, 0.1) is 5.92 Å². The Hall–Kier alpha value is -6.59. The summed E-state index contributed by atoms with van der Waals surface area (Å²) in [4.78, 5) is 26.1. The summed E-state index contributed by atoms with van der Waals surface area (Å²) in [7, 11) is 0. The van der Waals surface area contributed by atoms with Crippen molar-refractivity contribution in [1.29, 1.82) is 0 Å². The van der Waals surface area contributed by atoms with Gasteiger partial charge in [0.25, 0.3) is 0 Å². The summed E-state index contributed by atoms with van der Waals surface area (Å²) in [5, 5.41) is 1.11. The quantitative estimate of drug-likeness (QED) is 0.172. The molecule has 0 spiro atoms. The van der Waals surface area contributed by atoms with Crippen molar-refractivity contribution in [1.82, 2.24) is 19.9 Å². The van der Waals surface area contributed by atoms with Gasteiger partial charge in [0.2, 0.25) is 0 Å². The third kappa shape index (κ3) is 6.12. The Labute approximate surface area is 321 Å². The minimum Gasteiger partial charge on any atom is -0.274 e. The molecule has 0 fully saturated rings. The first-order valence-electron chi connectivity index (χ1n) is 19.2. The molecule has 5 nitrogen and oxygen atoms in total. The average molecular weight is 710 g/mol. The van der Waals surface area contributed by atoms with E-state index in [0.717, 1.165) is 85.6 Å². The molecule has 4 aromatic carbocycles. The lowest BCUT2D eigenvalue weighted by Gasteiger charge is -2.30. The molecule has 264 valence electrons. The molecule has 5 heteroatoms. The minimum absolute atomic E-state index is 0.120. The lowest BCUT2D eigenvalue weighted by atomic mass is 9.82. The van der Waals surface area contributed by atoms with Gasteiger partial charge >= 0.3 is 0 Å². The maximum absolute atomic E-state index is 5.44. The number of allylic oxidation sites excluding steroid dienone is 2. The van der Waals surface area contributed by atoms with E-state index in [1.165, 1.54) is 16.7 Å². The molecule has 55 heavy (non-hydrogen) atoms. The number of aliphatic imine (C=N–C) groups is 1. The van der Waals surface area contributed by atoms with E-state index in [1.807, 2.05) is 18.3 Å². The van der Waals surface area contributed by atoms with Gasteiger partial charge in [-0.1, -0.05) is 129 Å². The summed E-state index contributed by atoms with van der Waals surface area (Å²) < 4.78 is 0. The average Bonchev–Trinajstić information content (AvgIpc) is 3.25. The molecule has 0 amide bonds. The third-order valence-corrected chi connectivity index (χ3v) is 11.1. The summed E-state index contributed by atoms with van der Waals surface area (Å²) >= 11 is 0. The maximum Gasteiger partial charge on any atom is 0.179 e. The van der Waals surface area contributed by atoms with E-state index >= 15 is 0 Å². The van der Waals surface area contributed by atoms with E-state index in [0.29, 0.717) is 5.82 Å². The topological polar surface area (TPSA) is 63.9 Å². The van der Waals surface area contributed by atoms with Crippen LogP contribution in [0.5, 0.6) is 0 Å². The first-order valence-corrected chi connectivity index (χ1v) is 19.2. The number of aryl methyl sites for hydroxylation is 1. The molecule has 3 aliphatic rings. The molecule has 0 radical (unpaired) electrons. The number of aromatic nitrogens is 4. The molecular formula is C50H39N5. The van der Waals surface area contributed by atoms with Crippen molar-refractivity contribution in [3.05, 3.63) is 179 Å². The standard InChI is InChI=1S/C50H39N5/c1-31(2)42-29-46(53-49-41(42)24-22-35-23-25-43(52-48(35)49)39-21-20-32-11-6-7-14-36(32)27-39)50-54-44(33-12-4-3-5-13-33)30-45(55-50)38-17-8-16-37(28-38)40-19-9-15-34-18-10-26-51-47(34)40/h3-5,7-10,12-31,35,48H,6,11H2,1-2H3/t35-,48?/m1/s1. The molecule has 0 saturated carbocycles. The van der Waals surface area contributed by atoms with Crippen LogP contribution in [0.25, 0.3) is 68.2 Å². The van der Waals surface area contributed by atoms with Gasteiger partial charge in [-0.25, -0.2) is 15.0 Å². The normalized spacial score (nSPS) is 16.8. The van der Waals surface area contributed by atoms with Crippen LogP contribution in [0.3, 0.4) is 0 Å². The van der Waals surface area contributed by atoms with E-state index in [9.17, 15) is 0 Å². The Morgan fingerprint density at radius 3 is 2.33 bits per heavy atom. The zero-order chi connectivity index (χ0) is 36.9. The highest BCUT2D eigenvalue weighted by Gasteiger charge is 2.31. The highest BCUT2D eigenvalue weighted by molar-refractivity contribution is 6.09. The second kappa shape index (κ2) is 13.7. The van der Waals surface area contributed by atoms with Crippen LogP contribution in [0.2, 0.25) is 0 Å². The molecule has 1 aliphatic heterocycles. The molecule has 4 heterocycles. The van der Waals surface area contributed by atoms with Crippen LogP contribution in [-0.4, -0.2) is 25.6 Å². The number of benzene rings is 4. The predicted molar refractivity (Wildman–Crippen MR) is 226 cm³/mol. The molecule has 10 rings (SSSR count). The van der Waals surface area contributed by atoms with Crippen molar-refractivity contribution in [2.75, 3.05) is 0 Å². The Kier molecular flexibility index (Phi) is 8.21. The van der Waals surface area contributed by atoms with E-state index < -0.39 is 0 Å². The van der Waals surface area contributed by atoms with Crippen molar-refractivity contribution >= 4 is 28.8 Å². The number of dihydropyridines is 1. The first kappa shape index (κ1) is 33.0. The molecule has 7 aromatic rings. The zero-order valence-electron chi connectivity index (χ0n) is 30.9. The van der Waals surface area contributed by atoms with Gasteiger partial charge in [-0.15, -0.1) is 0 Å². The van der Waals surface area contributed by atoms with Crippen LogP contribution in [0.4, 0.5) is 0 Å². The van der Waals surface area contributed by atoms with Crippen molar-refractivity contribution in [2.45, 2.75) is 38.6 Å². The fourth-order valence-corrected chi connectivity index (χ4v) is 8.21. The van der Waals surface area contributed by atoms with Crippen molar-refractivity contribution in [2.24, 2.45) is 10.9 Å². The van der Waals surface area contributed by atoms with Crippen LogP contribution < -0.4 is 0 Å². The van der Waals surface area contributed by atoms with Gasteiger partial charge in [0.05, 0.1) is 28.3 Å². The number of nitrogens with zero attached hydrogens (tertiary/aromatic N) is 5. The lowest BCUT2D eigenvalue weighted by molar-refractivity contribution is 0.589. The molecule has 0 saturated heterocycles. The summed E-state index contributed by atoms with van der Waals surface area (Å²) in [6.07, 6.45) is 17.6. The van der Waals surface area contributed by atoms with Crippen molar-refractivity contribution in [3.8, 4) is 45.2 Å². The molecule has 2 atom stereocenters. The van der Waals surface area contributed by atoms with Gasteiger partial charge in [0.1, 0.15) is 11.7 Å². The van der Waals surface area contributed by atoms with E-state index in [2.05, 4.69) is 153 Å². The van der Waals surface area contributed by atoms with Crippen molar-refractivity contribution < 1.29 is 0 Å². The van der Waals surface area contributed by atoms with E-state index in [1.54, 1.807) is 0 Å². The zero-order valence-corrected chi connectivity index (χ0v) is 30.9. The number of para-hydroxylation sites is 1. The monoisotopic (exact) mass is 709 g/mol. The summed E-state index contributed by atoms with van der Waals surface area (Å²) in [6, 6.07) is 40.3. The maximum atomic E-state index is 5.44. The molecular weight excluding hydrogens is 671 g/mol. The number of rotatable bonds is 6.